The first-order valence-corrected chi connectivity index (χ1v) is 11.6. The molecular formula is C23H23ClN2O5S. The number of anilines is 1. The van der Waals surface area contributed by atoms with Crippen LogP contribution in [0.3, 0.4) is 0 Å². The Balaban J connectivity index is 1.56. The van der Waals surface area contributed by atoms with Crippen molar-refractivity contribution in [3.63, 3.8) is 0 Å². The number of methoxy groups -OCH3 is 1. The lowest BCUT2D eigenvalue weighted by Gasteiger charge is -2.15. The summed E-state index contributed by atoms with van der Waals surface area (Å²) in [5, 5.41) is 3.04. The van der Waals surface area contributed by atoms with E-state index in [-0.39, 0.29) is 23.5 Å². The number of ether oxygens (including phenoxy) is 2. The summed E-state index contributed by atoms with van der Waals surface area (Å²) in [4.78, 5) is 12.2. The molecule has 0 fully saturated rings. The molecule has 0 saturated carbocycles. The number of benzene rings is 3. The zero-order valence-corrected chi connectivity index (χ0v) is 19.1. The molecule has 0 spiro atoms. The molecule has 0 aliphatic rings. The summed E-state index contributed by atoms with van der Waals surface area (Å²) in [7, 11) is -2.21. The van der Waals surface area contributed by atoms with E-state index in [1.807, 2.05) is 30.3 Å². The van der Waals surface area contributed by atoms with Crippen LogP contribution in [0.2, 0.25) is 5.02 Å². The Labute approximate surface area is 192 Å². The monoisotopic (exact) mass is 474 g/mol. The summed E-state index contributed by atoms with van der Waals surface area (Å²) < 4.78 is 38.4. The van der Waals surface area contributed by atoms with Gasteiger partial charge in [-0.1, -0.05) is 41.9 Å². The van der Waals surface area contributed by atoms with Crippen LogP contribution in [-0.4, -0.2) is 28.0 Å². The average Bonchev–Trinajstić information content (AvgIpc) is 2.78. The number of carbonyl (C=O) groups excluding carboxylic acids is 1. The van der Waals surface area contributed by atoms with Gasteiger partial charge >= 0.3 is 0 Å². The summed E-state index contributed by atoms with van der Waals surface area (Å²) in [6.45, 7) is 1.53. The fourth-order valence-electron chi connectivity index (χ4n) is 2.92. The van der Waals surface area contributed by atoms with Crippen molar-refractivity contribution in [1.82, 2.24) is 4.72 Å². The van der Waals surface area contributed by atoms with Gasteiger partial charge in [-0.2, -0.15) is 0 Å². The molecule has 168 valence electrons. The third kappa shape index (κ3) is 6.23. The second-order valence-corrected chi connectivity index (χ2v) is 9.03. The number of nitrogens with one attached hydrogen (secondary N) is 2. The molecule has 0 aliphatic heterocycles. The van der Waals surface area contributed by atoms with E-state index >= 15 is 0 Å². The Kier molecular flexibility index (Phi) is 7.74. The molecule has 0 bridgehead atoms. The molecule has 7 nitrogen and oxygen atoms in total. The topological polar surface area (TPSA) is 93.7 Å². The molecule has 0 radical (unpaired) electrons. The Morgan fingerprint density at radius 3 is 2.34 bits per heavy atom. The van der Waals surface area contributed by atoms with Crippen molar-refractivity contribution in [3.8, 4) is 11.5 Å². The summed E-state index contributed by atoms with van der Waals surface area (Å²) in [5.41, 5.74) is 1.37. The average molecular weight is 475 g/mol. The first-order valence-electron chi connectivity index (χ1n) is 9.72. The number of sulfonamides is 1. The molecule has 0 aromatic heterocycles. The van der Waals surface area contributed by atoms with Crippen molar-refractivity contribution < 1.29 is 22.7 Å². The molecule has 1 amide bonds. The van der Waals surface area contributed by atoms with Crippen LogP contribution in [0.4, 0.5) is 5.69 Å². The van der Waals surface area contributed by atoms with Crippen LogP contribution in [0.25, 0.3) is 0 Å². The molecule has 0 saturated heterocycles. The van der Waals surface area contributed by atoms with Crippen LogP contribution >= 0.6 is 11.6 Å². The SMILES string of the molecule is COc1ccc(NC(=O)COc2ccc(S(=O)(=O)N[C@@H](C)c3ccccc3)cc2)cc1Cl. The Morgan fingerprint density at radius 1 is 1.03 bits per heavy atom. The van der Waals surface area contributed by atoms with Crippen LogP contribution in [-0.2, 0) is 14.8 Å². The molecule has 2 N–H and O–H groups in total. The van der Waals surface area contributed by atoms with Gasteiger partial charge in [-0.3, -0.25) is 4.79 Å². The number of halogens is 1. The first kappa shape index (κ1) is 23.6. The minimum Gasteiger partial charge on any atom is -0.495 e. The van der Waals surface area contributed by atoms with E-state index in [9.17, 15) is 13.2 Å². The molecule has 0 unspecified atom stereocenters. The highest BCUT2D eigenvalue weighted by atomic mass is 35.5. The predicted molar refractivity (Wildman–Crippen MR) is 124 cm³/mol. The van der Waals surface area contributed by atoms with Crippen LogP contribution in [0.15, 0.2) is 77.7 Å². The highest BCUT2D eigenvalue weighted by Gasteiger charge is 2.18. The molecule has 0 aliphatic carbocycles. The van der Waals surface area contributed by atoms with Gasteiger partial charge in [0, 0.05) is 11.7 Å². The van der Waals surface area contributed by atoms with Crippen molar-refractivity contribution >= 4 is 33.2 Å². The number of hydrogen-bond acceptors (Lipinski definition) is 5. The predicted octanol–water partition coefficient (Wildman–Crippen LogP) is 4.41. The lowest BCUT2D eigenvalue weighted by atomic mass is 10.1. The van der Waals surface area contributed by atoms with Gasteiger partial charge in [-0.05, 0) is 55.0 Å². The third-order valence-electron chi connectivity index (χ3n) is 4.57. The molecule has 3 aromatic carbocycles. The smallest absolute Gasteiger partial charge is 0.262 e. The Morgan fingerprint density at radius 2 is 1.72 bits per heavy atom. The molecule has 9 heteroatoms. The Bertz CT molecular complexity index is 1170. The largest absolute Gasteiger partial charge is 0.495 e. The fourth-order valence-corrected chi connectivity index (χ4v) is 4.41. The minimum atomic E-state index is -3.71. The van der Waals surface area contributed by atoms with Gasteiger partial charge in [0.15, 0.2) is 6.61 Å². The van der Waals surface area contributed by atoms with Crippen LogP contribution in [0.1, 0.15) is 18.5 Å². The highest BCUT2D eigenvalue weighted by Crippen LogP contribution is 2.27. The molecule has 3 aromatic rings. The van der Waals surface area contributed by atoms with Gasteiger partial charge in [0.25, 0.3) is 5.91 Å². The first-order chi connectivity index (χ1) is 15.3. The van der Waals surface area contributed by atoms with Crippen LogP contribution < -0.4 is 19.5 Å². The van der Waals surface area contributed by atoms with Gasteiger partial charge in [0.05, 0.1) is 17.0 Å². The lowest BCUT2D eigenvalue weighted by molar-refractivity contribution is -0.118. The molecular weight excluding hydrogens is 452 g/mol. The van der Waals surface area contributed by atoms with E-state index in [1.54, 1.807) is 25.1 Å². The zero-order valence-electron chi connectivity index (χ0n) is 17.5. The maximum atomic E-state index is 12.6. The normalized spacial score (nSPS) is 12.1. The quantitative estimate of drug-likeness (QED) is 0.479. The lowest BCUT2D eigenvalue weighted by Crippen LogP contribution is -2.26. The van der Waals surface area contributed by atoms with Crippen molar-refractivity contribution in [2.75, 3.05) is 19.0 Å². The van der Waals surface area contributed by atoms with Crippen molar-refractivity contribution in [2.24, 2.45) is 0 Å². The molecule has 0 heterocycles. The van der Waals surface area contributed by atoms with Gasteiger partial charge in [-0.25, -0.2) is 13.1 Å². The van der Waals surface area contributed by atoms with Gasteiger partial charge in [0.2, 0.25) is 10.0 Å². The summed E-state index contributed by atoms with van der Waals surface area (Å²) >= 11 is 6.04. The van der Waals surface area contributed by atoms with Crippen molar-refractivity contribution in [3.05, 3.63) is 83.4 Å². The van der Waals surface area contributed by atoms with Gasteiger partial charge in [-0.15, -0.1) is 0 Å². The van der Waals surface area contributed by atoms with E-state index < -0.39 is 10.0 Å². The zero-order chi connectivity index (χ0) is 23.1. The minimum absolute atomic E-state index is 0.102. The van der Waals surface area contributed by atoms with E-state index in [1.165, 1.54) is 31.4 Å². The van der Waals surface area contributed by atoms with Crippen molar-refractivity contribution in [2.45, 2.75) is 17.9 Å². The number of rotatable bonds is 9. The van der Waals surface area contributed by atoms with E-state index in [0.717, 1.165) is 5.56 Å². The van der Waals surface area contributed by atoms with E-state index in [2.05, 4.69) is 10.0 Å². The number of carbonyl (C=O) groups is 1. The van der Waals surface area contributed by atoms with E-state index in [0.29, 0.717) is 22.2 Å². The summed E-state index contributed by atoms with van der Waals surface area (Å²) in [6.07, 6.45) is 0. The summed E-state index contributed by atoms with van der Waals surface area (Å²) in [6, 6.07) is 19.6. The second-order valence-electron chi connectivity index (χ2n) is 6.91. The highest BCUT2D eigenvalue weighted by molar-refractivity contribution is 7.89. The number of hydrogen-bond donors (Lipinski definition) is 2. The van der Waals surface area contributed by atoms with Crippen LogP contribution in [0.5, 0.6) is 11.5 Å². The maximum Gasteiger partial charge on any atom is 0.262 e. The molecule has 32 heavy (non-hydrogen) atoms. The van der Waals surface area contributed by atoms with Crippen LogP contribution in [0, 0.1) is 0 Å². The number of amides is 1. The maximum absolute atomic E-state index is 12.6. The second kappa shape index (κ2) is 10.5. The van der Waals surface area contributed by atoms with Crippen molar-refractivity contribution in [1.29, 1.82) is 0 Å². The fraction of sp³-hybridized carbons (Fsp3) is 0.174. The van der Waals surface area contributed by atoms with E-state index in [4.69, 9.17) is 21.1 Å². The third-order valence-corrected chi connectivity index (χ3v) is 6.42. The van der Waals surface area contributed by atoms with Gasteiger partial charge in [0.1, 0.15) is 11.5 Å². The summed E-state index contributed by atoms with van der Waals surface area (Å²) in [5.74, 6) is 0.480. The Hall–Kier alpha value is -3.07. The molecule has 1 atom stereocenters. The molecule has 3 rings (SSSR count). The van der Waals surface area contributed by atoms with Gasteiger partial charge < -0.3 is 14.8 Å². The standard InChI is InChI=1S/C23H23ClN2O5S/c1-16(17-6-4-3-5-7-17)26-32(28,29)20-11-9-19(10-12-20)31-15-23(27)25-18-8-13-22(30-2)21(24)14-18/h3-14,16,26H,15H2,1-2H3,(H,25,27)/t16-/m0/s1.